The molecule has 0 atom stereocenters. The van der Waals surface area contributed by atoms with Crippen LogP contribution in [0.1, 0.15) is 0 Å². The zero-order valence-electron chi connectivity index (χ0n) is 8.48. The number of anilines is 2. The quantitative estimate of drug-likeness (QED) is 0.828. The van der Waals surface area contributed by atoms with Crippen molar-refractivity contribution in [1.82, 2.24) is 0 Å². The molecule has 0 bridgehead atoms. The SMILES string of the molecule is Nc1ccc(Oc2ccc(N)c(Br)c2)cc1. The molecule has 82 valence electrons. The van der Waals surface area contributed by atoms with Crippen molar-refractivity contribution in [1.29, 1.82) is 0 Å². The summed E-state index contributed by atoms with van der Waals surface area (Å²) in [5, 5.41) is 0. The van der Waals surface area contributed by atoms with E-state index < -0.39 is 0 Å². The minimum atomic E-state index is 0.685. The van der Waals surface area contributed by atoms with Crippen LogP contribution in [0.4, 0.5) is 11.4 Å². The van der Waals surface area contributed by atoms with Gasteiger partial charge in [0, 0.05) is 15.8 Å². The highest BCUT2D eigenvalue weighted by molar-refractivity contribution is 9.10. The summed E-state index contributed by atoms with van der Waals surface area (Å²) in [6, 6.07) is 12.7. The molecule has 0 amide bonds. The molecule has 0 aliphatic heterocycles. The zero-order chi connectivity index (χ0) is 11.5. The van der Waals surface area contributed by atoms with Crippen LogP contribution in [0, 0.1) is 0 Å². The lowest BCUT2D eigenvalue weighted by atomic mass is 10.3. The Morgan fingerprint density at radius 3 is 2.12 bits per heavy atom. The molecule has 2 aromatic rings. The van der Waals surface area contributed by atoms with Gasteiger partial charge in [-0.15, -0.1) is 0 Å². The van der Waals surface area contributed by atoms with Gasteiger partial charge in [0.05, 0.1) is 0 Å². The summed E-state index contributed by atoms with van der Waals surface area (Å²) in [6.45, 7) is 0. The Morgan fingerprint density at radius 2 is 1.50 bits per heavy atom. The number of halogens is 1. The first-order valence-electron chi connectivity index (χ1n) is 4.73. The maximum atomic E-state index is 5.68. The number of rotatable bonds is 2. The van der Waals surface area contributed by atoms with Crippen molar-refractivity contribution in [2.45, 2.75) is 0 Å². The molecule has 0 heterocycles. The van der Waals surface area contributed by atoms with Gasteiger partial charge in [-0.05, 0) is 58.4 Å². The van der Waals surface area contributed by atoms with Crippen LogP contribution in [-0.2, 0) is 0 Å². The number of ether oxygens (including phenoxy) is 1. The van der Waals surface area contributed by atoms with E-state index in [1.54, 1.807) is 18.2 Å². The standard InChI is InChI=1S/C12H11BrN2O/c13-11-7-10(5-6-12(11)15)16-9-3-1-8(14)2-4-9/h1-7H,14-15H2. The van der Waals surface area contributed by atoms with E-state index in [1.165, 1.54) is 0 Å². The van der Waals surface area contributed by atoms with E-state index in [4.69, 9.17) is 16.2 Å². The van der Waals surface area contributed by atoms with E-state index >= 15 is 0 Å². The third-order valence-electron chi connectivity index (χ3n) is 2.09. The molecule has 0 spiro atoms. The van der Waals surface area contributed by atoms with Crippen molar-refractivity contribution in [3.05, 3.63) is 46.9 Å². The average molecular weight is 279 g/mol. The van der Waals surface area contributed by atoms with Crippen molar-refractivity contribution < 1.29 is 4.74 Å². The van der Waals surface area contributed by atoms with Crippen LogP contribution >= 0.6 is 15.9 Å². The van der Waals surface area contributed by atoms with Crippen LogP contribution in [0.2, 0.25) is 0 Å². The molecule has 3 nitrogen and oxygen atoms in total. The highest BCUT2D eigenvalue weighted by Crippen LogP contribution is 2.28. The van der Waals surface area contributed by atoms with Crippen molar-refractivity contribution in [3.8, 4) is 11.5 Å². The molecule has 0 saturated heterocycles. The van der Waals surface area contributed by atoms with Crippen molar-refractivity contribution in [3.63, 3.8) is 0 Å². The van der Waals surface area contributed by atoms with Crippen molar-refractivity contribution >= 4 is 27.3 Å². The Labute approximate surface area is 102 Å². The Morgan fingerprint density at radius 1 is 0.875 bits per heavy atom. The second-order valence-electron chi connectivity index (χ2n) is 3.35. The van der Waals surface area contributed by atoms with Crippen LogP contribution < -0.4 is 16.2 Å². The second-order valence-corrected chi connectivity index (χ2v) is 4.21. The van der Waals surface area contributed by atoms with Crippen LogP contribution in [0.3, 0.4) is 0 Å². The highest BCUT2D eigenvalue weighted by Gasteiger charge is 2.00. The van der Waals surface area contributed by atoms with Crippen molar-refractivity contribution in [2.24, 2.45) is 0 Å². The molecular formula is C12H11BrN2O. The smallest absolute Gasteiger partial charge is 0.128 e. The summed E-state index contributed by atoms with van der Waals surface area (Å²) in [4.78, 5) is 0. The van der Waals surface area contributed by atoms with E-state index in [2.05, 4.69) is 15.9 Å². The maximum Gasteiger partial charge on any atom is 0.128 e. The van der Waals surface area contributed by atoms with Gasteiger partial charge in [0.15, 0.2) is 0 Å². The number of nitrogens with two attached hydrogens (primary N) is 2. The number of nitrogen functional groups attached to an aromatic ring is 2. The monoisotopic (exact) mass is 278 g/mol. The van der Waals surface area contributed by atoms with Gasteiger partial charge in [-0.1, -0.05) is 0 Å². The zero-order valence-corrected chi connectivity index (χ0v) is 10.1. The predicted molar refractivity (Wildman–Crippen MR) is 69.5 cm³/mol. The topological polar surface area (TPSA) is 61.3 Å². The summed E-state index contributed by atoms with van der Waals surface area (Å²) in [6.07, 6.45) is 0. The van der Waals surface area contributed by atoms with Gasteiger partial charge in [0.1, 0.15) is 11.5 Å². The number of hydrogen-bond acceptors (Lipinski definition) is 3. The molecule has 0 saturated carbocycles. The molecule has 0 aromatic heterocycles. The van der Waals surface area contributed by atoms with E-state index in [0.717, 1.165) is 16.0 Å². The van der Waals surface area contributed by atoms with Gasteiger partial charge >= 0.3 is 0 Å². The van der Waals surface area contributed by atoms with E-state index in [9.17, 15) is 0 Å². The van der Waals surface area contributed by atoms with Gasteiger partial charge in [0.25, 0.3) is 0 Å². The van der Waals surface area contributed by atoms with Crippen LogP contribution in [-0.4, -0.2) is 0 Å². The summed E-state index contributed by atoms with van der Waals surface area (Å²) in [5.41, 5.74) is 12.7. The second kappa shape index (κ2) is 4.45. The minimum Gasteiger partial charge on any atom is -0.457 e. The van der Waals surface area contributed by atoms with Crippen LogP contribution in [0.25, 0.3) is 0 Å². The lowest BCUT2D eigenvalue weighted by Crippen LogP contribution is -1.89. The van der Waals surface area contributed by atoms with Gasteiger partial charge in [-0.3, -0.25) is 0 Å². The van der Waals surface area contributed by atoms with E-state index in [1.807, 2.05) is 24.3 Å². The largest absolute Gasteiger partial charge is 0.457 e. The van der Waals surface area contributed by atoms with Gasteiger partial charge in [0.2, 0.25) is 0 Å². The Kier molecular flexibility index (Phi) is 3.01. The molecule has 2 aromatic carbocycles. The Balaban J connectivity index is 2.20. The van der Waals surface area contributed by atoms with Gasteiger partial charge in [-0.25, -0.2) is 0 Å². The van der Waals surface area contributed by atoms with Crippen LogP contribution in [0.5, 0.6) is 11.5 Å². The lowest BCUT2D eigenvalue weighted by Gasteiger charge is -2.07. The molecule has 0 aliphatic rings. The molecule has 0 radical (unpaired) electrons. The molecule has 4 N–H and O–H groups in total. The first-order chi connectivity index (χ1) is 7.65. The molecular weight excluding hydrogens is 268 g/mol. The summed E-state index contributed by atoms with van der Waals surface area (Å²) in [7, 11) is 0. The summed E-state index contributed by atoms with van der Waals surface area (Å²) < 4.78 is 6.45. The van der Waals surface area contributed by atoms with Crippen LogP contribution in [0.15, 0.2) is 46.9 Å². The third-order valence-corrected chi connectivity index (χ3v) is 2.77. The normalized spacial score (nSPS) is 10.1. The van der Waals surface area contributed by atoms with E-state index in [0.29, 0.717) is 11.4 Å². The number of hydrogen-bond donors (Lipinski definition) is 2. The molecule has 0 fully saturated rings. The molecule has 2 rings (SSSR count). The first kappa shape index (κ1) is 10.8. The van der Waals surface area contributed by atoms with E-state index in [-0.39, 0.29) is 0 Å². The van der Waals surface area contributed by atoms with Gasteiger partial charge < -0.3 is 16.2 Å². The van der Waals surface area contributed by atoms with Gasteiger partial charge in [-0.2, -0.15) is 0 Å². The molecule has 0 aliphatic carbocycles. The minimum absolute atomic E-state index is 0.685. The first-order valence-corrected chi connectivity index (χ1v) is 5.53. The summed E-state index contributed by atoms with van der Waals surface area (Å²) in [5.74, 6) is 1.47. The molecule has 16 heavy (non-hydrogen) atoms. The fourth-order valence-corrected chi connectivity index (χ4v) is 1.60. The fourth-order valence-electron chi connectivity index (χ4n) is 1.24. The molecule has 4 heteroatoms. The summed E-state index contributed by atoms with van der Waals surface area (Å²) >= 11 is 3.35. The Bertz CT molecular complexity index is 497. The predicted octanol–water partition coefficient (Wildman–Crippen LogP) is 3.41. The van der Waals surface area contributed by atoms with Crippen molar-refractivity contribution in [2.75, 3.05) is 11.5 Å². The number of benzene rings is 2. The Hall–Kier alpha value is -1.68. The molecule has 0 unspecified atom stereocenters. The average Bonchev–Trinajstić information content (AvgIpc) is 2.27. The lowest BCUT2D eigenvalue weighted by molar-refractivity contribution is 0.482. The third kappa shape index (κ3) is 2.46. The highest BCUT2D eigenvalue weighted by atomic mass is 79.9. The maximum absolute atomic E-state index is 5.68. The fraction of sp³-hybridized carbons (Fsp3) is 0.